The normalized spacial score (nSPS) is 27.1. The Morgan fingerprint density at radius 3 is 3.21 bits per heavy atom. The van der Waals surface area contributed by atoms with Crippen molar-refractivity contribution in [3.63, 3.8) is 0 Å². The van der Waals surface area contributed by atoms with Crippen molar-refractivity contribution in [1.29, 1.82) is 0 Å². The van der Waals surface area contributed by atoms with Gasteiger partial charge in [0.25, 0.3) is 0 Å². The first-order valence-corrected chi connectivity index (χ1v) is 9.54. The first-order chi connectivity index (χ1) is 9.12. The number of sulfone groups is 1. The highest BCUT2D eigenvalue weighted by Crippen LogP contribution is 2.24. The fraction of sp³-hybridized carbons (Fsp3) is 0.692. The van der Waals surface area contributed by atoms with Crippen LogP contribution in [0, 0.1) is 0 Å². The second-order valence-electron chi connectivity index (χ2n) is 5.45. The van der Waals surface area contributed by atoms with Crippen molar-refractivity contribution in [1.82, 2.24) is 10.2 Å². The Hall–Kier alpha value is -0.430. The summed E-state index contributed by atoms with van der Waals surface area (Å²) >= 11 is 1.85. The minimum Gasteiger partial charge on any atom is -0.312 e. The average Bonchev–Trinajstić information content (AvgIpc) is 2.82. The van der Waals surface area contributed by atoms with E-state index in [1.807, 2.05) is 11.3 Å². The molecular weight excluding hydrogens is 280 g/mol. The highest BCUT2D eigenvalue weighted by molar-refractivity contribution is 7.91. The first kappa shape index (κ1) is 13.5. The van der Waals surface area contributed by atoms with Gasteiger partial charge in [0.1, 0.15) is 0 Å². The molecule has 1 aromatic heterocycles. The molecule has 0 spiro atoms. The molecular formula is C13H20N2O2S2. The SMILES string of the molecule is O=S1(=O)CCNC(CCN2CCc3sccc3C2)C1. The van der Waals surface area contributed by atoms with Crippen LogP contribution in [-0.4, -0.2) is 50.5 Å². The molecule has 1 unspecified atom stereocenters. The van der Waals surface area contributed by atoms with Crippen molar-refractivity contribution in [2.45, 2.75) is 25.4 Å². The van der Waals surface area contributed by atoms with E-state index < -0.39 is 9.84 Å². The molecule has 2 aliphatic rings. The van der Waals surface area contributed by atoms with Crippen LogP contribution >= 0.6 is 11.3 Å². The predicted octanol–water partition coefficient (Wildman–Crippen LogP) is 0.883. The first-order valence-electron chi connectivity index (χ1n) is 6.84. The summed E-state index contributed by atoms with van der Waals surface area (Å²) in [7, 11) is -2.80. The van der Waals surface area contributed by atoms with E-state index >= 15 is 0 Å². The second-order valence-corrected chi connectivity index (χ2v) is 8.68. The molecule has 0 saturated carbocycles. The van der Waals surface area contributed by atoms with Gasteiger partial charge in [-0.2, -0.15) is 0 Å². The molecule has 0 aliphatic carbocycles. The Labute approximate surface area is 118 Å². The molecule has 3 heterocycles. The van der Waals surface area contributed by atoms with Gasteiger partial charge in [-0.25, -0.2) is 8.42 Å². The molecule has 1 saturated heterocycles. The molecule has 4 nitrogen and oxygen atoms in total. The van der Waals surface area contributed by atoms with Crippen LogP contribution in [0.25, 0.3) is 0 Å². The van der Waals surface area contributed by atoms with E-state index in [1.165, 1.54) is 10.4 Å². The number of thiophene rings is 1. The molecule has 0 radical (unpaired) electrons. The van der Waals surface area contributed by atoms with Crippen LogP contribution in [0.3, 0.4) is 0 Å². The third-order valence-electron chi connectivity index (χ3n) is 3.98. The van der Waals surface area contributed by atoms with Crippen LogP contribution < -0.4 is 5.32 Å². The third-order valence-corrected chi connectivity index (χ3v) is 6.74. The highest BCUT2D eigenvalue weighted by atomic mass is 32.2. The van der Waals surface area contributed by atoms with Gasteiger partial charge in [0, 0.05) is 37.1 Å². The van der Waals surface area contributed by atoms with Crippen molar-refractivity contribution < 1.29 is 8.42 Å². The van der Waals surface area contributed by atoms with Gasteiger partial charge in [0.05, 0.1) is 11.5 Å². The topological polar surface area (TPSA) is 49.4 Å². The molecule has 1 atom stereocenters. The lowest BCUT2D eigenvalue weighted by atomic mass is 10.1. The maximum atomic E-state index is 11.6. The van der Waals surface area contributed by atoms with Gasteiger partial charge in [-0.3, -0.25) is 4.90 Å². The molecule has 19 heavy (non-hydrogen) atoms. The van der Waals surface area contributed by atoms with E-state index in [9.17, 15) is 8.42 Å². The lowest BCUT2D eigenvalue weighted by Gasteiger charge is -2.30. The van der Waals surface area contributed by atoms with Crippen molar-refractivity contribution in [3.05, 3.63) is 21.9 Å². The summed E-state index contributed by atoms with van der Waals surface area (Å²) in [6, 6.07) is 2.36. The molecule has 0 aromatic carbocycles. The lowest BCUT2D eigenvalue weighted by molar-refractivity contribution is 0.242. The average molecular weight is 300 g/mol. The lowest BCUT2D eigenvalue weighted by Crippen LogP contribution is -2.46. The molecule has 1 fully saturated rings. The van der Waals surface area contributed by atoms with Crippen LogP contribution in [0.4, 0.5) is 0 Å². The molecule has 0 bridgehead atoms. The number of nitrogens with zero attached hydrogens (tertiary/aromatic N) is 1. The zero-order valence-electron chi connectivity index (χ0n) is 11.0. The van der Waals surface area contributed by atoms with Crippen LogP contribution in [0.1, 0.15) is 16.9 Å². The van der Waals surface area contributed by atoms with Gasteiger partial charge in [-0.05, 0) is 29.9 Å². The molecule has 6 heteroatoms. The summed E-state index contributed by atoms with van der Waals surface area (Å²) in [5, 5.41) is 5.49. The Kier molecular flexibility index (Phi) is 3.93. The molecule has 1 N–H and O–H groups in total. The number of rotatable bonds is 3. The van der Waals surface area contributed by atoms with Crippen molar-refractivity contribution in [2.24, 2.45) is 0 Å². The van der Waals surface area contributed by atoms with E-state index in [0.717, 1.165) is 32.5 Å². The van der Waals surface area contributed by atoms with Crippen molar-refractivity contribution in [3.8, 4) is 0 Å². The van der Waals surface area contributed by atoms with Gasteiger partial charge in [0.15, 0.2) is 9.84 Å². The second kappa shape index (κ2) is 5.52. The molecule has 2 aliphatic heterocycles. The quantitative estimate of drug-likeness (QED) is 0.900. The number of hydrogen-bond acceptors (Lipinski definition) is 5. The maximum Gasteiger partial charge on any atom is 0.153 e. The summed E-state index contributed by atoms with van der Waals surface area (Å²) in [6.45, 7) is 3.73. The molecule has 0 amide bonds. The number of hydrogen-bond donors (Lipinski definition) is 1. The summed E-state index contributed by atoms with van der Waals surface area (Å²) in [4.78, 5) is 3.97. The van der Waals surface area contributed by atoms with Crippen LogP contribution in [0.2, 0.25) is 0 Å². The molecule has 106 valence electrons. The van der Waals surface area contributed by atoms with E-state index in [0.29, 0.717) is 18.1 Å². The van der Waals surface area contributed by atoms with Crippen molar-refractivity contribution in [2.75, 3.05) is 31.1 Å². The summed E-state index contributed by atoms with van der Waals surface area (Å²) in [5.74, 6) is 0.607. The Bertz CT molecular complexity index is 539. The van der Waals surface area contributed by atoms with Gasteiger partial charge >= 0.3 is 0 Å². The third kappa shape index (κ3) is 3.37. The molecule has 3 rings (SSSR count). The minimum atomic E-state index is -2.80. The van der Waals surface area contributed by atoms with E-state index in [-0.39, 0.29) is 6.04 Å². The maximum absolute atomic E-state index is 11.6. The highest BCUT2D eigenvalue weighted by Gasteiger charge is 2.25. The zero-order chi connectivity index (χ0) is 13.3. The number of fused-ring (bicyclic) bond motifs is 1. The van der Waals surface area contributed by atoms with Crippen molar-refractivity contribution >= 4 is 21.2 Å². The van der Waals surface area contributed by atoms with Crippen LogP contribution in [0.15, 0.2) is 11.4 Å². The predicted molar refractivity (Wildman–Crippen MR) is 78.4 cm³/mol. The van der Waals surface area contributed by atoms with E-state index in [1.54, 1.807) is 0 Å². The number of nitrogens with one attached hydrogen (secondary N) is 1. The Morgan fingerprint density at radius 2 is 2.37 bits per heavy atom. The smallest absolute Gasteiger partial charge is 0.153 e. The minimum absolute atomic E-state index is 0.141. The Morgan fingerprint density at radius 1 is 1.47 bits per heavy atom. The van der Waals surface area contributed by atoms with E-state index in [2.05, 4.69) is 21.7 Å². The summed E-state index contributed by atoms with van der Waals surface area (Å²) < 4.78 is 23.2. The fourth-order valence-electron chi connectivity index (χ4n) is 2.89. The van der Waals surface area contributed by atoms with Crippen LogP contribution in [0.5, 0.6) is 0 Å². The van der Waals surface area contributed by atoms with Gasteiger partial charge in [-0.1, -0.05) is 0 Å². The van der Waals surface area contributed by atoms with Gasteiger partial charge in [-0.15, -0.1) is 11.3 Å². The van der Waals surface area contributed by atoms with Gasteiger partial charge < -0.3 is 5.32 Å². The zero-order valence-corrected chi connectivity index (χ0v) is 12.6. The summed E-state index contributed by atoms with van der Waals surface area (Å²) in [5.41, 5.74) is 1.46. The van der Waals surface area contributed by atoms with Gasteiger partial charge in [0.2, 0.25) is 0 Å². The largest absolute Gasteiger partial charge is 0.312 e. The standard InChI is InChI=1S/C13H20N2O2S2/c16-19(17)8-4-14-12(10-19)1-5-15-6-2-13-11(9-15)3-7-18-13/h3,7,12,14H,1-2,4-6,8-10H2. The monoisotopic (exact) mass is 300 g/mol. The summed E-state index contributed by atoms with van der Waals surface area (Å²) in [6.07, 6.45) is 2.07. The van der Waals surface area contributed by atoms with Crippen LogP contribution in [-0.2, 0) is 22.8 Å². The van der Waals surface area contributed by atoms with E-state index in [4.69, 9.17) is 0 Å². The fourth-order valence-corrected chi connectivity index (χ4v) is 5.27. The Balaban J connectivity index is 1.51. The molecule has 1 aromatic rings.